The number of halogens is 1. The second-order valence-corrected chi connectivity index (χ2v) is 14.0. The molecule has 0 aromatic carbocycles. The first kappa shape index (κ1) is 19.8. The van der Waals surface area contributed by atoms with Crippen molar-refractivity contribution < 1.29 is 9.53 Å². The smallest absolute Gasteiger partial charge is 0.192 e. The molecule has 0 amide bonds. The summed E-state index contributed by atoms with van der Waals surface area (Å²) in [5.41, 5.74) is 1.46. The molecule has 0 saturated heterocycles. The average Bonchev–Trinajstić information content (AvgIpc) is 2.98. The molecule has 0 unspecified atom stereocenters. The number of hydrogen-bond acceptors (Lipinski definition) is 4. The van der Waals surface area contributed by atoms with E-state index >= 15 is 0 Å². The third-order valence-corrected chi connectivity index (χ3v) is 10.8. The summed E-state index contributed by atoms with van der Waals surface area (Å²) in [6, 6.07) is 1.84. The Morgan fingerprint density at radius 3 is 2.50 bits per heavy atom. The van der Waals surface area contributed by atoms with Crippen LogP contribution in [-0.2, 0) is 11.0 Å². The van der Waals surface area contributed by atoms with Crippen molar-refractivity contribution in [1.82, 2.24) is 14.6 Å². The first-order valence-electron chi connectivity index (χ1n) is 9.44. The molecule has 144 valence electrons. The zero-order valence-electron chi connectivity index (χ0n) is 16.4. The Labute approximate surface area is 161 Å². The van der Waals surface area contributed by atoms with Gasteiger partial charge in [0.05, 0.1) is 6.61 Å². The predicted octanol–water partition coefficient (Wildman–Crippen LogP) is 4.92. The number of rotatable bonds is 4. The summed E-state index contributed by atoms with van der Waals surface area (Å²) in [7, 11) is -1.72. The van der Waals surface area contributed by atoms with Crippen LogP contribution in [0, 0.1) is 0 Å². The maximum atomic E-state index is 9.41. The molecule has 0 radical (unpaired) electrons. The van der Waals surface area contributed by atoms with E-state index in [1.54, 1.807) is 4.52 Å². The minimum absolute atomic E-state index is 0.0607. The Hall–Kier alpha value is -0.953. The number of aliphatic hydroxyl groups excluding tert-OH is 1. The number of fused-ring (bicyclic) bond motifs is 1. The summed E-state index contributed by atoms with van der Waals surface area (Å²) in [6.45, 7) is 11.4. The van der Waals surface area contributed by atoms with Crippen LogP contribution in [0.5, 0.6) is 0 Å². The second-order valence-electron chi connectivity index (χ2n) is 8.90. The van der Waals surface area contributed by atoms with E-state index in [1.807, 2.05) is 12.3 Å². The first-order chi connectivity index (χ1) is 12.1. The Bertz CT molecular complexity index is 777. The van der Waals surface area contributed by atoms with Gasteiger partial charge in [-0.15, -0.1) is 0 Å². The van der Waals surface area contributed by atoms with Gasteiger partial charge in [0, 0.05) is 23.8 Å². The third kappa shape index (κ3) is 3.83. The van der Waals surface area contributed by atoms with Crippen LogP contribution in [-0.4, -0.2) is 34.1 Å². The fourth-order valence-electron chi connectivity index (χ4n) is 3.39. The zero-order chi connectivity index (χ0) is 19.1. The molecule has 1 N–H and O–H groups in total. The number of hydrogen-bond donors (Lipinski definition) is 1. The Morgan fingerprint density at radius 2 is 1.92 bits per heavy atom. The van der Waals surface area contributed by atoms with E-state index < -0.39 is 8.32 Å². The molecule has 5 nitrogen and oxygen atoms in total. The number of nitrogens with zero attached hydrogens (tertiary/aromatic N) is 3. The SMILES string of the molecule is CC(C)(C)[Si](C)(C)OC1CCC(c2nc(Cl)c3c(CO)ccn3n2)CC1. The van der Waals surface area contributed by atoms with Crippen molar-refractivity contribution in [2.75, 3.05) is 0 Å². The topological polar surface area (TPSA) is 59.7 Å². The highest BCUT2D eigenvalue weighted by molar-refractivity contribution is 6.74. The molecule has 0 aliphatic heterocycles. The highest BCUT2D eigenvalue weighted by Gasteiger charge is 2.40. The molecule has 2 aromatic heterocycles. The first-order valence-corrected chi connectivity index (χ1v) is 12.7. The van der Waals surface area contributed by atoms with E-state index in [1.165, 1.54) is 0 Å². The maximum absolute atomic E-state index is 9.41. The average molecular weight is 396 g/mol. The lowest BCUT2D eigenvalue weighted by molar-refractivity contribution is 0.129. The van der Waals surface area contributed by atoms with Crippen LogP contribution in [0.15, 0.2) is 12.3 Å². The van der Waals surface area contributed by atoms with Gasteiger partial charge in [-0.05, 0) is 49.9 Å². The lowest BCUT2D eigenvalue weighted by atomic mass is 9.87. The summed E-state index contributed by atoms with van der Waals surface area (Å²) in [4.78, 5) is 4.53. The molecule has 1 aliphatic carbocycles. The van der Waals surface area contributed by atoms with E-state index in [9.17, 15) is 5.11 Å². The van der Waals surface area contributed by atoms with Gasteiger partial charge >= 0.3 is 0 Å². The Kier molecular flexibility index (Phi) is 5.50. The molecule has 1 fully saturated rings. The second kappa shape index (κ2) is 7.22. The summed E-state index contributed by atoms with van der Waals surface area (Å²) in [6.07, 6.45) is 6.32. The normalized spacial score (nSPS) is 22.1. The van der Waals surface area contributed by atoms with Gasteiger partial charge in [0.1, 0.15) is 5.52 Å². The predicted molar refractivity (Wildman–Crippen MR) is 107 cm³/mol. The van der Waals surface area contributed by atoms with Gasteiger partial charge in [0.25, 0.3) is 0 Å². The van der Waals surface area contributed by atoms with Gasteiger partial charge in [-0.25, -0.2) is 9.50 Å². The molecule has 2 heterocycles. The van der Waals surface area contributed by atoms with Gasteiger partial charge < -0.3 is 9.53 Å². The van der Waals surface area contributed by atoms with Gasteiger partial charge in [0.15, 0.2) is 19.3 Å². The quantitative estimate of drug-likeness (QED) is 0.746. The van der Waals surface area contributed by atoms with Gasteiger partial charge in [-0.2, -0.15) is 5.10 Å². The fourth-order valence-corrected chi connectivity index (χ4v) is 5.11. The van der Waals surface area contributed by atoms with Crippen LogP contribution in [0.2, 0.25) is 23.3 Å². The van der Waals surface area contributed by atoms with Gasteiger partial charge in [-0.3, -0.25) is 0 Å². The van der Waals surface area contributed by atoms with Crippen molar-refractivity contribution in [3.05, 3.63) is 28.8 Å². The van der Waals surface area contributed by atoms with E-state index in [2.05, 4.69) is 43.9 Å². The molecule has 7 heteroatoms. The molecular formula is C19H30ClN3O2Si. The van der Waals surface area contributed by atoms with Crippen molar-refractivity contribution in [2.24, 2.45) is 0 Å². The van der Waals surface area contributed by atoms with Crippen LogP contribution in [0.3, 0.4) is 0 Å². The lowest BCUT2D eigenvalue weighted by Gasteiger charge is -2.41. The summed E-state index contributed by atoms with van der Waals surface area (Å²) in [5, 5.41) is 14.7. The molecule has 0 atom stereocenters. The number of aromatic nitrogens is 3. The van der Waals surface area contributed by atoms with Crippen LogP contribution in [0.4, 0.5) is 0 Å². The van der Waals surface area contributed by atoms with Crippen molar-refractivity contribution >= 4 is 25.4 Å². The Morgan fingerprint density at radius 1 is 1.27 bits per heavy atom. The van der Waals surface area contributed by atoms with Crippen LogP contribution >= 0.6 is 11.6 Å². The largest absolute Gasteiger partial charge is 0.414 e. The van der Waals surface area contributed by atoms with Crippen LogP contribution in [0.1, 0.15) is 63.8 Å². The highest BCUT2D eigenvalue weighted by Crippen LogP contribution is 2.41. The van der Waals surface area contributed by atoms with E-state index in [0.29, 0.717) is 22.7 Å². The number of aliphatic hydroxyl groups is 1. The molecule has 3 rings (SSSR count). The highest BCUT2D eigenvalue weighted by atomic mass is 35.5. The minimum Gasteiger partial charge on any atom is -0.414 e. The monoisotopic (exact) mass is 395 g/mol. The standard InChI is InChI=1S/C19H30ClN3O2Si/c1-19(2,3)26(4,5)25-15-8-6-13(7-9-15)18-21-17(20)16-14(12-24)10-11-23(16)22-18/h10-11,13,15,24H,6-9,12H2,1-5H3. The molecule has 1 saturated carbocycles. The fraction of sp³-hybridized carbons (Fsp3) is 0.684. The van der Waals surface area contributed by atoms with Crippen LogP contribution in [0.25, 0.3) is 5.52 Å². The van der Waals surface area contributed by atoms with Gasteiger partial charge in [0.2, 0.25) is 0 Å². The van der Waals surface area contributed by atoms with E-state index in [4.69, 9.17) is 16.0 Å². The summed E-state index contributed by atoms with van der Waals surface area (Å²) >= 11 is 6.37. The molecule has 26 heavy (non-hydrogen) atoms. The lowest BCUT2D eigenvalue weighted by Crippen LogP contribution is -2.44. The van der Waals surface area contributed by atoms with Crippen molar-refractivity contribution in [2.45, 2.75) is 83.2 Å². The Balaban J connectivity index is 1.70. The third-order valence-electron chi connectivity index (χ3n) is 6.05. The molecule has 1 aliphatic rings. The molecule has 2 aromatic rings. The van der Waals surface area contributed by atoms with E-state index in [-0.39, 0.29) is 11.6 Å². The summed E-state index contributed by atoms with van der Waals surface area (Å²) in [5.74, 6) is 1.12. The maximum Gasteiger partial charge on any atom is 0.192 e. The summed E-state index contributed by atoms with van der Waals surface area (Å²) < 4.78 is 8.32. The molecular weight excluding hydrogens is 366 g/mol. The van der Waals surface area contributed by atoms with Crippen molar-refractivity contribution in [3.63, 3.8) is 0 Å². The van der Waals surface area contributed by atoms with Crippen LogP contribution < -0.4 is 0 Å². The van der Waals surface area contributed by atoms with Crippen molar-refractivity contribution in [1.29, 1.82) is 0 Å². The van der Waals surface area contributed by atoms with Crippen molar-refractivity contribution in [3.8, 4) is 0 Å². The van der Waals surface area contributed by atoms with E-state index in [0.717, 1.165) is 37.1 Å². The zero-order valence-corrected chi connectivity index (χ0v) is 18.2. The van der Waals surface area contributed by atoms with Gasteiger partial charge in [-0.1, -0.05) is 32.4 Å². The molecule has 0 bridgehead atoms. The minimum atomic E-state index is -1.72. The molecule has 0 spiro atoms.